The summed E-state index contributed by atoms with van der Waals surface area (Å²) in [4.78, 5) is 27.0. The van der Waals surface area contributed by atoms with Gasteiger partial charge in [-0.25, -0.2) is 4.79 Å². The fourth-order valence-corrected chi connectivity index (χ4v) is 4.32. The molecule has 5 nitrogen and oxygen atoms in total. The van der Waals surface area contributed by atoms with Crippen molar-refractivity contribution >= 4 is 23.6 Å². The Morgan fingerprint density at radius 2 is 2.00 bits per heavy atom. The maximum absolute atomic E-state index is 13.0. The van der Waals surface area contributed by atoms with Gasteiger partial charge in [0.05, 0.1) is 17.6 Å². The zero-order chi connectivity index (χ0) is 18.7. The molecule has 0 atom stereocenters. The molecule has 1 aromatic carbocycles. The summed E-state index contributed by atoms with van der Waals surface area (Å²) in [6.45, 7) is 5.92. The molecule has 0 radical (unpaired) electrons. The number of amides is 1. The van der Waals surface area contributed by atoms with Crippen molar-refractivity contribution in [1.29, 1.82) is 0 Å². The van der Waals surface area contributed by atoms with Gasteiger partial charge in [-0.05, 0) is 36.5 Å². The van der Waals surface area contributed by atoms with Crippen molar-refractivity contribution < 1.29 is 19.1 Å². The maximum Gasteiger partial charge on any atom is 0.339 e. The maximum atomic E-state index is 13.0. The second-order valence-corrected chi connectivity index (χ2v) is 8.36. The molecule has 3 rings (SSSR count). The van der Waals surface area contributed by atoms with Crippen LogP contribution >= 0.6 is 11.8 Å². The number of hydrogen-bond donors (Lipinski definition) is 1. The van der Waals surface area contributed by atoms with Crippen molar-refractivity contribution in [2.24, 2.45) is 5.41 Å². The van der Waals surface area contributed by atoms with Gasteiger partial charge in [-0.15, -0.1) is 11.8 Å². The monoisotopic (exact) mass is 373 g/mol. The topological polar surface area (TPSA) is 70.8 Å². The minimum atomic E-state index is -1.01. The third kappa shape index (κ3) is 4.12. The Labute approximate surface area is 157 Å². The molecule has 2 aromatic rings. The van der Waals surface area contributed by atoms with E-state index in [1.807, 2.05) is 29.2 Å². The van der Waals surface area contributed by atoms with Gasteiger partial charge < -0.3 is 14.4 Å². The van der Waals surface area contributed by atoms with E-state index >= 15 is 0 Å². The van der Waals surface area contributed by atoms with Crippen molar-refractivity contribution in [3.63, 3.8) is 0 Å². The van der Waals surface area contributed by atoms with E-state index in [2.05, 4.69) is 13.8 Å². The molecule has 0 saturated carbocycles. The molecule has 2 heterocycles. The number of nitrogens with zero attached hydrogens (tertiary/aromatic N) is 1. The number of thioether (sulfide) groups is 1. The fraction of sp³-hybridized carbons (Fsp3) is 0.400. The molecular weight excluding hydrogens is 350 g/mol. The van der Waals surface area contributed by atoms with Crippen LogP contribution in [0.5, 0.6) is 0 Å². The fourth-order valence-electron chi connectivity index (χ4n) is 3.32. The van der Waals surface area contributed by atoms with Crippen LogP contribution in [-0.4, -0.2) is 35.0 Å². The van der Waals surface area contributed by atoms with Gasteiger partial charge in [0.15, 0.2) is 0 Å². The van der Waals surface area contributed by atoms with Crippen molar-refractivity contribution in [2.45, 2.75) is 37.3 Å². The van der Waals surface area contributed by atoms with Crippen LogP contribution in [0.15, 0.2) is 45.9 Å². The molecule has 1 aromatic heterocycles. The van der Waals surface area contributed by atoms with Crippen molar-refractivity contribution in [2.75, 3.05) is 13.1 Å². The zero-order valence-corrected chi connectivity index (χ0v) is 15.8. The number of aromatic carboxylic acids is 1. The summed E-state index contributed by atoms with van der Waals surface area (Å²) < 4.78 is 5.29. The summed E-state index contributed by atoms with van der Waals surface area (Å²) in [5, 5.41) is 9.18. The Hall–Kier alpha value is -2.21. The molecule has 1 saturated heterocycles. The SMILES string of the molecule is CC1(C)CCCN(C(=O)c2ccccc2SCc2occc2C(=O)O)C1. The van der Waals surface area contributed by atoms with Crippen LogP contribution in [-0.2, 0) is 5.75 Å². The molecule has 1 aliphatic rings. The first kappa shape index (κ1) is 18.6. The predicted octanol–water partition coefficient (Wildman–Crippen LogP) is 4.53. The number of furan rings is 1. The molecule has 1 amide bonds. The van der Waals surface area contributed by atoms with Gasteiger partial charge in [-0.2, -0.15) is 0 Å². The van der Waals surface area contributed by atoms with E-state index in [0.29, 0.717) is 17.1 Å². The van der Waals surface area contributed by atoms with E-state index < -0.39 is 5.97 Å². The molecule has 0 spiro atoms. The molecule has 26 heavy (non-hydrogen) atoms. The molecule has 0 aliphatic carbocycles. The standard InChI is InChI=1S/C20H23NO4S/c1-20(2)9-5-10-21(13-20)18(22)15-6-3-4-7-17(15)26-12-16-14(19(23)24)8-11-25-16/h3-4,6-8,11H,5,9-10,12-13H2,1-2H3,(H,23,24). The van der Waals surface area contributed by atoms with Gasteiger partial charge in [0.1, 0.15) is 11.3 Å². The quantitative estimate of drug-likeness (QED) is 0.780. The predicted molar refractivity (Wildman–Crippen MR) is 101 cm³/mol. The summed E-state index contributed by atoms with van der Waals surface area (Å²) in [5.41, 5.74) is 0.971. The second kappa shape index (κ2) is 7.58. The van der Waals surface area contributed by atoms with Crippen LogP contribution in [0, 0.1) is 5.41 Å². The zero-order valence-electron chi connectivity index (χ0n) is 15.0. The molecule has 1 fully saturated rings. The summed E-state index contributed by atoms with van der Waals surface area (Å²) in [7, 11) is 0. The number of benzene rings is 1. The van der Waals surface area contributed by atoms with Crippen molar-refractivity contribution in [3.8, 4) is 0 Å². The molecule has 6 heteroatoms. The summed E-state index contributed by atoms with van der Waals surface area (Å²) in [6, 6.07) is 8.94. The van der Waals surface area contributed by atoms with Gasteiger partial charge in [0, 0.05) is 18.0 Å². The van der Waals surface area contributed by atoms with E-state index in [1.165, 1.54) is 24.1 Å². The van der Waals surface area contributed by atoms with Gasteiger partial charge >= 0.3 is 5.97 Å². The molecule has 138 valence electrons. The van der Waals surface area contributed by atoms with Crippen molar-refractivity contribution in [3.05, 3.63) is 53.5 Å². The Balaban J connectivity index is 1.76. The highest BCUT2D eigenvalue weighted by Gasteiger charge is 2.30. The van der Waals surface area contributed by atoms with Gasteiger partial charge in [-0.1, -0.05) is 26.0 Å². The number of carboxylic acid groups (broad SMARTS) is 1. The first-order chi connectivity index (χ1) is 12.4. The average Bonchev–Trinajstić information content (AvgIpc) is 3.07. The molecular formula is C20H23NO4S. The minimum absolute atomic E-state index is 0.0405. The Morgan fingerprint density at radius 3 is 2.73 bits per heavy atom. The molecule has 0 unspecified atom stereocenters. The highest BCUT2D eigenvalue weighted by Crippen LogP contribution is 2.32. The van der Waals surface area contributed by atoms with E-state index in [4.69, 9.17) is 4.42 Å². The Bertz CT molecular complexity index is 812. The highest BCUT2D eigenvalue weighted by atomic mass is 32.2. The van der Waals surface area contributed by atoms with Gasteiger partial charge in [0.2, 0.25) is 0 Å². The third-order valence-corrected chi connectivity index (χ3v) is 5.71. The van der Waals surface area contributed by atoms with Gasteiger partial charge in [0.25, 0.3) is 5.91 Å². The minimum Gasteiger partial charge on any atom is -0.478 e. The lowest BCUT2D eigenvalue weighted by Crippen LogP contribution is -2.43. The van der Waals surface area contributed by atoms with Crippen LogP contribution < -0.4 is 0 Å². The van der Waals surface area contributed by atoms with Crippen LogP contribution in [0.4, 0.5) is 0 Å². The number of piperidine rings is 1. The van der Waals surface area contributed by atoms with E-state index in [1.54, 1.807) is 0 Å². The van der Waals surface area contributed by atoms with Crippen LogP contribution in [0.2, 0.25) is 0 Å². The largest absolute Gasteiger partial charge is 0.478 e. The Morgan fingerprint density at radius 1 is 1.23 bits per heavy atom. The normalized spacial score (nSPS) is 16.5. The molecule has 1 aliphatic heterocycles. The molecule has 0 bridgehead atoms. The van der Waals surface area contributed by atoms with Gasteiger partial charge in [-0.3, -0.25) is 4.79 Å². The first-order valence-electron chi connectivity index (χ1n) is 8.68. The van der Waals surface area contributed by atoms with E-state index in [9.17, 15) is 14.7 Å². The van der Waals surface area contributed by atoms with Crippen LogP contribution in [0.3, 0.4) is 0 Å². The summed E-state index contributed by atoms with van der Waals surface area (Å²) in [6.07, 6.45) is 3.53. The summed E-state index contributed by atoms with van der Waals surface area (Å²) in [5.74, 6) is -0.193. The number of carboxylic acids is 1. The lowest BCUT2D eigenvalue weighted by atomic mass is 9.84. The highest BCUT2D eigenvalue weighted by molar-refractivity contribution is 7.98. The Kier molecular flexibility index (Phi) is 5.41. The lowest BCUT2D eigenvalue weighted by molar-refractivity contribution is 0.0579. The van der Waals surface area contributed by atoms with Crippen LogP contribution in [0.25, 0.3) is 0 Å². The lowest BCUT2D eigenvalue weighted by Gasteiger charge is -2.38. The first-order valence-corrected chi connectivity index (χ1v) is 9.67. The van der Waals surface area contributed by atoms with Crippen molar-refractivity contribution in [1.82, 2.24) is 4.90 Å². The number of rotatable bonds is 5. The third-order valence-electron chi connectivity index (χ3n) is 4.64. The van der Waals surface area contributed by atoms with E-state index in [-0.39, 0.29) is 16.9 Å². The van der Waals surface area contributed by atoms with Crippen LogP contribution in [0.1, 0.15) is 53.2 Å². The second-order valence-electron chi connectivity index (χ2n) is 7.34. The number of likely N-dealkylation sites (tertiary alicyclic amines) is 1. The smallest absolute Gasteiger partial charge is 0.339 e. The molecule has 1 N–H and O–H groups in total. The van der Waals surface area contributed by atoms with E-state index in [0.717, 1.165) is 30.8 Å². The summed E-state index contributed by atoms with van der Waals surface area (Å²) >= 11 is 1.42. The number of carbonyl (C=O) groups is 2. The number of carbonyl (C=O) groups excluding carboxylic acids is 1. The number of hydrogen-bond acceptors (Lipinski definition) is 4. The average molecular weight is 373 g/mol.